The molecule has 0 spiro atoms. The van der Waals surface area contributed by atoms with Crippen molar-refractivity contribution in [3.63, 3.8) is 0 Å². The van der Waals surface area contributed by atoms with Crippen molar-refractivity contribution in [2.75, 3.05) is 31.9 Å². The standard InChI is InChI=1S/C20H23N3O2/c1-15-3-2-4-16(13-15)14-19(24)22-9-11-23(12-10-22)20(25)17-5-7-18(21)8-6-17/h2-8,13H,9-12,14,21H2,1H3. The van der Waals surface area contributed by atoms with Gasteiger partial charge in [-0.15, -0.1) is 0 Å². The number of nitrogens with zero attached hydrogens (tertiary/aromatic N) is 2. The fourth-order valence-corrected chi connectivity index (χ4v) is 3.08. The number of carbonyl (C=O) groups is 2. The van der Waals surface area contributed by atoms with Gasteiger partial charge in [0.1, 0.15) is 0 Å². The van der Waals surface area contributed by atoms with Crippen molar-refractivity contribution in [2.24, 2.45) is 0 Å². The van der Waals surface area contributed by atoms with Crippen LogP contribution >= 0.6 is 0 Å². The van der Waals surface area contributed by atoms with Crippen LogP contribution in [-0.4, -0.2) is 47.8 Å². The lowest BCUT2D eigenvalue weighted by atomic mass is 10.1. The van der Waals surface area contributed by atoms with Gasteiger partial charge in [0.05, 0.1) is 6.42 Å². The Kier molecular flexibility index (Phi) is 5.03. The van der Waals surface area contributed by atoms with Crippen molar-refractivity contribution in [3.05, 3.63) is 65.2 Å². The van der Waals surface area contributed by atoms with Crippen LogP contribution in [0.4, 0.5) is 5.69 Å². The molecule has 3 rings (SSSR count). The molecule has 0 saturated carbocycles. The van der Waals surface area contributed by atoms with Gasteiger partial charge in [-0.05, 0) is 36.8 Å². The molecule has 0 aromatic heterocycles. The molecule has 2 aromatic carbocycles. The number of nitrogen functional groups attached to an aromatic ring is 1. The van der Waals surface area contributed by atoms with Gasteiger partial charge in [0, 0.05) is 37.4 Å². The molecule has 1 aliphatic heterocycles. The summed E-state index contributed by atoms with van der Waals surface area (Å²) in [6.45, 7) is 4.29. The average molecular weight is 337 g/mol. The average Bonchev–Trinajstić information content (AvgIpc) is 2.62. The molecular weight excluding hydrogens is 314 g/mol. The Labute approximate surface area is 148 Å². The summed E-state index contributed by atoms with van der Waals surface area (Å²) in [7, 11) is 0. The zero-order valence-corrected chi connectivity index (χ0v) is 14.4. The molecule has 1 fully saturated rings. The van der Waals surface area contributed by atoms with Crippen LogP contribution in [-0.2, 0) is 11.2 Å². The van der Waals surface area contributed by atoms with Crippen molar-refractivity contribution in [1.82, 2.24) is 9.80 Å². The summed E-state index contributed by atoms with van der Waals surface area (Å²) in [6.07, 6.45) is 0.410. The fourth-order valence-electron chi connectivity index (χ4n) is 3.08. The molecule has 1 saturated heterocycles. The fraction of sp³-hybridized carbons (Fsp3) is 0.300. The third-order valence-electron chi connectivity index (χ3n) is 4.52. The number of rotatable bonds is 3. The van der Waals surface area contributed by atoms with E-state index in [1.807, 2.05) is 36.1 Å². The van der Waals surface area contributed by atoms with Crippen LogP contribution in [0.1, 0.15) is 21.5 Å². The zero-order valence-electron chi connectivity index (χ0n) is 14.4. The predicted octanol–water partition coefficient (Wildman–Crippen LogP) is 2.10. The minimum atomic E-state index is -0.00853. The second-order valence-electron chi connectivity index (χ2n) is 6.46. The van der Waals surface area contributed by atoms with Crippen molar-refractivity contribution < 1.29 is 9.59 Å². The minimum Gasteiger partial charge on any atom is -0.399 e. The Morgan fingerprint density at radius 1 is 0.960 bits per heavy atom. The summed E-state index contributed by atoms with van der Waals surface area (Å²) in [5.41, 5.74) is 9.12. The molecule has 0 unspecified atom stereocenters. The van der Waals surface area contributed by atoms with Crippen molar-refractivity contribution >= 4 is 17.5 Å². The number of anilines is 1. The van der Waals surface area contributed by atoms with E-state index in [1.165, 1.54) is 0 Å². The molecule has 2 amide bonds. The van der Waals surface area contributed by atoms with Gasteiger partial charge in [0.15, 0.2) is 0 Å². The molecule has 130 valence electrons. The number of hydrogen-bond acceptors (Lipinski definition) is 3. The molecule has 2 aromatic rings. The van der Waals surface area contributed by atoms with Crippen LogP contribution in [0.3, 0.4) is 0 Å². The maximum absolute atomic E-state index is 12.5. The smallest absolute Gasteiger partial charge is 0.253 e. The summed E-state index contributed by atoms with van der Waals surface area (Å²) in [4.78, 5) is 28.6. The van der Waals surface area contributed by atoms with E-state index in [2.05, 4.69) is 0 Å². The first-order valence-electron chi connectivity index (χ1n) is 8.51. The second kappa shape index (κ2) is 7.38. The highest BCUT2D eigenvalue weighted by molar-refractivity contribution is 5.94. The Bertz CT molecular complexity index is 763. The van der Waals surface area contributed by atoms with Crippen LogP contribution in [0.25, 0.3) is 0 Å². The Hall–Kier alpha value is -2.82. The molecule has 0 radical (unpaired) electrons. The topological polar surface area (TPSA) is 66.6 Å². The Morgan fingerprint density at radius 3 is 2.24 bits per heavy atom. The van der Waals surface area contributed by atoms with E-state index in [4.69, 9.17) is 5.73 Å². The first-order valence-corrected chi connectivity index (χ1v) is 8.51. The van der Waals surface area contributed by atoms with Crippen LogP contribution in [0.2, 0.25) is 0 Å². The molecule has 0 atom stereocenters. The van der Waals surface area contributed by atoms with Crippen LogP contribution in [0.15, 0.2) is 48.5 Å². The van der Waals surface area contributed by atoms with Gasteiger partial charge in [-0.25, -0.2) is 0 Å². The SMILES string of the molecule is Cc1cccc(CC(=O)N2CCN(C(=O)c3ccc(N)cc3)CC2)c1. The Balaban J connectivity index is 1.55. The number of nitrogens with two attached hydrogens (primary N) is 1. The zero-order chi connectivity index (χ0) is 17.8. The molecule has 0 aliphatic carbocycles. The summed E-state index contributed by atoms with van der Waals surface area (Å²) >= 11 is 0. The monoisotopic (exact) mass is 337 g/mol. The largest absolute Gasteiger partial charge is 0.399 e. The van der Waals surface area contributed by atoms with Crippen LogP contribution in [0.5, 0.6) is 0 Å². The van der Waals surface area contributed by atoms with E-state index >= 15 is 0 Å². The lowest BCUT2D eigenvalue weighted by Gasteiger charge is -2.35. The first kappa shape index (κ1) is 17.0. The van der Waals surface area contributed by atoms with Gasteiger partial charge in [0.25, 0.3) is 5.91 Å². The van der Waals surface area contributed by atoms with E-state index in [0.29, 0.717) is 43.9 Å². The van der Waals surface area contributed by atoms with Crippen molar-refractivity contribution in [3.8, 4) is 0 Å². The highest BCUT2D eigenvalue weighted by Crippen LogP contribution is 2.13. The normalized spacial score (nSPS) is 14.4. The number of carbonyl (C=O) groups excluding carboxylic acids is 2. The third kappa shape index (κ3) is 4.18. The highest BCUT2D eigenvalue weighted by atomic mass is 16.2. The lowest BCUT2D eigenvalue weighted by molar-refractivity contribution is -0.131. The van der Waals surface area contributed by atoms with Crippen LogP contribution < -0.4 is 5.73 Å². The molecule has 1 heterocycles. The maximum atomic E-state index is 12.5. The predicted molar refractivity (Wildman–Crippen MR) is 98.2 cm³/mol. The van der Waals surface area contributed by atoms with Crippen molar-refractivity contribution in [2.45, 2.75) is 13.3 Å². The number of amides is 2. The number of benzene rings is 2. The van der Waals surface area contributed by atoms with Crippen LogP contribution in [0, 0.1) is 6.92 Å². The van der Waals surface area contributed by atoms with Gasteiger partial charge < -0.3 is 15.5 Å². The second-order valence-corrected chi connectivity index (χ2v) is 6.46. The van der Waals surface area contributed by atoms with E-state index in [0.717, 1.165) is 11.1 Å². The van der Waals surface area contributed by atoms with Gasteiger partial charge in [-0.3, -0.25) is 9.59 Å². The van der Waals surface area contributed by atoms with Gasteiger partial charge in [-0.1, -0.05) is 29.8 Å². The molecule has 0 bridgehead atoms. The summed E-state index contributed by atoms with van der Waals surface area (Å²) in [5, 5.41) is 0. The molecule has 5 heteroatoms. The maximum Gasteiger partial charge on any atom is 0.253 e. The lowest BCUT2D eigenvalue weighted by Crippen LogP contribution is -2.51. The molecular formula is C20H23N3O2. The summed E-state index contributed by atoms with van der Waals surface area (Å²) in [5.74, 6) is 0.107. The molecule has 25 heavy (non-hydrogen) atoms. The number of piperazine rings is 1. The third-order valence-corrected chi connectivity index (χ3v) is 4.52. The molecule has 5 nitrogen and oxygen atoms in total. The summed E-state index contributed by atoms with van der Waals surface area (Å²) < 4.78 is 0. The van der Waals surface area contributed by atoms with E-state index < -0.39 is 0 Å². The van der Waals surface area contributed by atoms with E-state index in [-0.39, 0.29) is 11.8 Å². The first-order chi connectivity index (χ1) is 12.0. The van der Waals surface area contributed by atoms with Gasteiger partial charge >= 0.3 is 0 Å². The minimum absolute atomic E-state index is 0.00853. The summed E-state index contributed by atoms with van der Waals surface area (Å²) in [6, 6.07) is 15.0. The van der Waals surface area contributed by atoms with Gasteiger partial charge in [0.2, 0.25) is 5.91 Å². The molecule has 1 aliphatic rings. The molecule has 2 N–H and O–H groups in total. The quantitative estimate of drug-likeness (QED) is 0.872. The number of aryl methyl sites for hydroxylation is 1. The van der Waals surface area contributed by atoms with E-state index in [1.54, 1.807) is 29.2 Å². The van der Waals surface area contributed by atoms with Gasteiger partial charge in [-0.2, -0.15) is 0 Å². The Morgan fingerprint density at radius 2 is 1.60 bits per heavy atom. The van der Waals surface area contributed by atoms with E-state index in [9.17, 15) is 9.59 Å². The highest BCUT2D eigenvalue weighted by Gasteiger charge is 2.24. The van der Waals surface area contributed by atoms with Crippen molar-refractivity contribution in [1.29, 1.82) is 0 Å². The number of hydrogen-bond donors (Lipinski definition) is 1.